The third-order valence-corrected chi connectivity index (χ3v) is 3.59. The van der Waals surface area contributed by atoms with Crippen LogP contribution in [-0.2, 0) is 0 Å². The zero-order chi connectivity index (χ0) is 14.4. The minimum atomic E-state index is -0.0105. The van der Waals surface area contributed by atoms with E-state index in [1.807, 2.05) is 6.07 Å². The Hall–Kier alpha value is -1.22. The summed E-state index contributed by atoms with van der Waals surface area (Å²) in [6.07, 6.45) is 2.25. The van der Waals surface area contributed by atoms with Gasteiger partial charge in [-0.05, 0) is 24.1 Å². The van der Waals surface area contributed by atoms with Gasteiger partial charge in [-0.15, -0.1) is 0 Å². The summed E-state index contributed by atoms with van der Waals surface area (Å²) in [5.74, 6) is 0.602. The molecular weight excluding hydrogens is 260 g/mol. The molecule has 0 aromatic heterocycles. The molecular formula is C15H23ClN2O. The first-order chi connectivity index (χ1) is 8.99. The summed E-state index contributed by atoms with van der Waals surface area (Å²) < 4.78 is 0. The third kappa shape index (κ3) is 4.43. The van der Waals surface area contributed by atoms with E-state index in [0.29, 0.717) is 16.5 Å². The van der Waals surface area contributed by atoms with E-state index in [4.69, 9.17) is 11.6 Å². The van der Waals surface area contributed by atoms with Crippen LogP contribution in [0, 0.1) is 5.92 Å². The number of nitrogens with zero attached hydrogens (tertiary/aromatic N) is 1. The lowest BCUT2D eigenvalue weighted by atomic mass is 10.0. The van der Waals surface area contributed by atoms with E-state index in [2.05, 4.69) is 19.2 Å². The average molecular weight is 283 g/mol. The minimum Gasteiger partial charge on any atom is -0.384 e. The van der Waals surface area contributed by atoms with Crippen LogP contribution < -0.4 is 5.32 Å². The molecule has 1 N–H and O–H groups in total. The van der Waals surface area contributed by atoms with Crippen molar-refractivity contribution in [3.63, 3.8) is 0 Å². The topological polar surface area (TPSA) is 32.3 Å². The van der Waals surface area contributed by atoms with Crippen LogP contribution in [0.5, 0.6) is 0 Å². The second kappa shape index (κ2) is 7.39. The van der Waals surface area contributed by atoms with Gasteiger partial charge in [0.05, 0.1) is 5.56 Å². The first-order valence-corrected chi connectivity index (χ1v) is 7.12. The molecule has 0 spiro atoms. The molecule has 1 rings (SSSR count). The zero-order valence-corrected chi connectivity index (χ0v) is 12.9. The van der Waals surface area contributed by atoms with Gasteiger partial charge in [0.25, 0.3) is 5.91 Å². The van der Waals surface area contributed by atoms with Crippen molar-refractivity contribution in [3.8, 4) is 0 Å². The summed E-state index contributed by atoms with van der Waals surface area (Å²) in [7, 11) is 3.50. The molecule has 0 heterocycles. The predicted octanol–water partition coefficient (Wildman–Crippen LogP) is 3.89. The maximum absolute atomic E-state index is 12.1. The Kier molecular flexibility index (Phi) is 6.16. The number of hydrogen-bond donors (Lipinski definition) is 1. The van der Waals surface area contributed by atoms with Gasteiger partial charge in [0.1, 0.15) is 0 Å². The molecule has 0 saturated heterocycles. The number of carbonyl (C=O) groups is 1. The van der Waals surface area contributed by atoms with Gasteiger partial charge in [0.15, 0.2) is 0 Å². The van der Waals surface area contributed by atoms with Gasteiger partial charge in [-0.1, -0.05) is 38.3 Å². The van der Waals surface area contributed by atoms with Gasteiger partial charge in [0, 0.05) is 31.4 Å². The van der Waals surface area contributed by atoms with Gasteiger partial charge in [-0.2, -0.15) is 0 Å². The van der Waals surface area contributed by atoms with Crippen molar-refractivity contribution in [1.29, 1.82) is 0 Å². The highest BCUT2D eigenvalue weighted by atomic mass is 35.5. The fourth-order valence-corrected chi connectivity index (χ4v) is 2.09. The summed E-state index contributed by atoms with van der Waals surface area (Å²) in [6, 6.07) is 5.35. The number of rotatable bonds is 6. The lowest BCUT2D eigenvalue weighted by molar-refractivity contribution is 0.0828. The fraction of sp³-hybridized carbons (Fsp3) is 0.533. The van der Waals surface area contributed by atoms with Gasteiger partial charge in [-0.3, -0.25) is 4.79 Å². The SMILES string of the molecule is CCC(CC)CNc1cc(Cl)ccc1C(=O)N(C)C. The molecule has 0 aliphatic heterocycles. The number of anilines is 1. The molecule has 0 fully saturated rings. The number of hydrogen-bond acceptors (Lipinski definition) is 2. The van der Waals surface area contributed by atoms with Crippen molar-refractivity contribution in [2.75, 3.05) is 26.0 Å². The molecule has 0 atom stereocenters. The molecule has 0 aliphatic rings. The van der Waals surface area contributed by atoms with Crippen molar-refractivity contribution in [2.45, 2.75) is 26.7 Å². The Morgan fingerprint density at radius 1 is 1.32 bits per heavy atom. The van der Waals surface area contributed by atoms with Crippen LogP contribution in [0.3, 0.4) is 0 Å². The molecule has 0 unspecified atom stereocenters. The van der Waals surface area contributed by atoms with E-state index < -0.39 is 0 Å². The molecule has 1 amide bonds. The van der Waals surface area contributed by atoms with E-state index in [0.717, 1.165) is 25.1 Å². The maximum atomic E-state index is 12.1. The van der Waals surface area contributed by atoms with Crippen molar-refractivity contribution in [2.24, 2.45) is 5.92 Å². The third-order valence-electron chi connectivity index (χ3n) is 3.35. The Bertz CT molecular complexity index is 428. The van der Waals surface area contributed by atoms with E-state index in [-0.39, 0.29) is 5.91 Å². The molecule has 1 aromatic rings. The van der Waals surface area contributed by atoms with Crippen molar-refractivity contribution >= 4 is 23.2 Å². The molecule has 0 radical (unpaired) electrons. The molecule has 106 valence electrons. The second-order valence-electron chi connectivity index (χ2n) is 4.95. The zero-order valence-electron chi connectivity index (χ0n) is 12.2. The quantitative estimate of drug-likeness (QED) is 0.858. The summed E-state index contributed by atoms with van der Waals surface area (Å²) in [5, 5.41) is 4.00. The summed E-state index contributed by atoms with van der Waals surface area (Å²) in [5.41, 5.74) is 1.48. The predicted molar refractivity (Wildman–Crippen MR) is 82.0 cm³/mol. The van der Waals surface area contributed by atoms with Gasteiger partial charge < -0.3 is 10.2 Å². The van der Waals surface area contributed by atoms with Gasteiger partial charge in [-0.25, -0.2) is 0 Å². The van der Waals surface area contributed by atoms with Gasteiger partial charge >= 0.3 is 0 Å². The lowest BCUT2D eigenvalue weighted by Gasteiger charge is -2.18. The number of amides is 1. The minimum absolute atomic E-state index is 0.0105. The number of carbonyl (C=O) groups excluding carboxylic acids is 1. The molecule has 4 heteroatoms. The monoisotopic (exact) mass is 282 g/mol. The van der Waals surface area contributed by atoms with E-state index in [1.165, 1.54) is 0 Å². The fourth-order valence-electron chi connectivity index (χ4n) is 1.92. The smallest absolute Gasteiger partial charge is 0.255 e. The molecule has 0 aliphatic carbocycles. The van der Waals surface area contributed by atoms with Crippen LogP contribution in [0.25, 0.3) is 0 Å². The Morgan fingerprint density at radius 3 is 2.47 bits per heavy atom. The average Bonchev–Trinajstić information content (AvgIpc) is 2.39. The summed E-state index contributed by atoms with van der Waals surface area (Å²) >= 11 is 6.02. The lowest BCUT2D eigenvalue weighted by Crippen LogP contribution is -2.23. The summed E-state index contributed by atoms with van der Waals surface area (Å²) in [6.45, 7) is 5.22. The molecule has 0 saturated carbocycles. The number of halogens is 1. The molecule has 3 nitrogen and oxygen atoms in total. The van der Waals surface area contributed by atoms with Crippen LogP contribution in [0.15, 0.2) is 18.2 Å². The van der Waals surface area contributed by atoms with Crippen molar-refractivity contribution in [3.05, 3.63) is 28.8 Å². The van der Waals surface area contributed by atoms with Gasteiger partial charge in [0.2, 0.25) is 0 Å². The maximum Gasteiger partial charge on any atom is 0.255 e. The highest BCUT2D eigenvalue weighted by Gasteiger charge is 2.14. The molecule has 1 aromatic carbocycles. The first-order valence-electron chi connectivity index (χ1n) is 6.74. The van der Waals surface area contributed by atoms with Crippen LogP contribution in [0.2, 0.25) is 5.02 Å². The Balaban J connectivity index is 2.91. The normalized spacial score (nSPS) is 10.6. The number of benzene rings is 1. The standard InChI is InChI=1S/C15H23ClN2O/c1-5-11(6-2)10-17-14-9-12(16)7-8-13(14)15(19)18(3)4/h7-9,11,17H,5-6,10H2,1-4H3. The van der Waals surface area contributed by atoms with Crippen molar-refractivity contribution < 1.29 is 4.79 Å². The molecule has 0 bridgehead atoms. The van der Waals surface area contributed by atoms with Crippen LogP contribution in [-0.4, -0.2) is 31.4 Å². The Labute approximate surface area is 120 Å². The second-order valence-corrected chi connectivity index (χ2v) is 5.39. The van der Waals surface area contributed by atoms with Crippen LogP contribution in [0.1, 0.15) is 37.0 Å². The highest BCUT2D eigenvalue weighted by molar-refractivity contribution is 6.31. The van der Waals surface area contributed by atoms with Crippen molar-refractivity contribution in [1.82, 2.24) is 4.90 Å². The Morgan fingerprint density at radius 2 is 1.95 bits per heavy atom. The van der Waals surface area contributed by atoms with E-state index in [9.17, 15) is 4.79 Å². The first kappa shape index (κ1) is 15.8. The summed E-state index contributed by atoms with van der Waals surface area (Å²) in [4.78, 5) is 13.7. The highest BCUT2D eigenvalue weighted by Crippen LogP contribution is 2.23. The number of nitrogens with one attached hydrogen (secondary N) is 1. The van der Waals surface area contributed by atoms with Crippen LogP contribution in [0.4, 0.5) is 5.69 Å². The van der Waals surface area contributed by atoms with Crippen LogP contribution >= 0.6 is 11.6 Å². The molecule has 19 heavy (non-hydrogen) atoms. The van der Waals surface area contributed by atoms with E-state index >= 15 is 0 Å². The van der Waals surface area contributed by atoms with E-state index in [1.54, 1.807) is 31.1 Å². The largest absolute Gasteiger partial charge is 0.384 e.